The maximum absolute atomic E-state index is 3.91. The van der Waals surface area contributed by atoms with Crippen LogP contribution in [0.5, 0.6) is 0 Å². The van der Waals surface area contributed by atoms with E-state index in [9.17, 15) is 0 Å². The first-order chi connectivity index (χ1) is 7.63. The van der Waals surface area contributed by atoms with Gasteiger partial charge < -0.3 is 0 Å². The van der Waals surface area contributed by atoms with Crippen molar-refractivity contribution in [2.75, 3.05) is 13.1 Å². The van der Waals surface area contributed by atoms with Crippen LogP contribution in [-0.2, 0) is 0 Å². The minimum absolute atomic E-state index is 0.806. The molecular formula is C15H24N+. The average Bonchev–Trinajstić information content (AvgIpc) is 2.26. The fraction of sp³-hybridized carbons (Fsp3) is 0.533. The maximum Gasteiger partial charge on any atom is 0.199 e. The molecule has 88 valence electrons. The SMILES string of the molecule is C=C1C=CC(=[N+](CC)CCCC(C)C)C=C1. The molecule has 0 heterocycles. The van der Waals surface area contributed by atoms with E-state index in [0.29, 0.717) is 0 Å². The predicted octanol–water partition coefficient (Wildman–Crippen LogP) is 3.58. The first-order valence-corrected chi connectivity index (χ1v) is 6.30. The molecule has 0 aromatic carbocycles. The zero-order valence-corrected chi connectivity index (χ0v) is 10.9. The second-order valence-corrected chi connectivity index (χ2v) is 4.78. The monoisotopic (exact) mass is 218 g/mol. The molecule has 1 heteroatoms. The molecule has 0 fully saturated rings. The second-order valence-electron chi connectivity index (χ2n) is 4.78. The van der Waals surface area contributed by atoms with Crippen LogP contribution in [0, 0.1) is 5.92 Å². The summed E-state index contributed by atoms with van der Waals surface area (Å²) < 4.78 is 2.43. The largest absolute Gasteiger partial charge is 0.230 e. The molecule has 0 aliphatic heterocycles. The minimum Gasteiger partial charge on any atom is -0.230 e. The fourth-order valence-corrected chi connectivity index (χ4v) is 1.87. The molecule has 0 spiro atoms. The van der Waals surface area contributed by atoms with Crippen LogP contribution in [0.3, 0.4) is 0 Å². The minimum atomic E-state index is 0.806. The van der Waals surface area contributed by atoms with Crippen LogP contribution >= 0.6 is 0 Å². The van der Waals surface area contributed by atoms with E-state index in [0.717, 1.165) is 24.6 Å². The zero-order valence-electron chi connectivity index (χ0n) is 10.9. The van der Waals surface area contributed by atoms with Crippen molar-refractivity contribution in [1.82, 2.24) is 0 Å². The van der Waals surface area contributed by atoms with Gasteiger partial charge in [0.2, 0.25) is 0 Å². The van der Waals surface area contributed by atoms with Crippen molar-refractivity contribution in [1.29, 1.82) is 0 Å². The van der Waals surface area contributed by atoms with Crippen LogP contribution in [0.25, 0.3) is 0 Å². The summed E-state index contributed by atoms with van der Waals surface area (Å²) in [4.78, 5) is 0. The Kier molecular flexibility index (Phi) is 5.24. The molecule has 0 aromatic heterocycles. The number of hydrogen-bond acceptors (Lipinski definition) is 0. The summed E-state index contributed by atoms with van der Waals surface area (Å²) in [5, 5.41) is 0. The van der Waals surface area contributed by atoms with Gasteiger partial charge in [-0.2, -0.15) is 0 Å². The summed E-state index contributed by atoms with van der Waals surface area (Å²) in [6.07, 6.45) is 11.1. The van der Waals surface area contributed by atoms with Gasteiger partial charge in [0, 0.05) is 18.6 Å². The van der Waals surface area contributed by atoms with Gasteiger partial charge in [0.1, 0.15) is 13.1 Å². The maximum atomic E-state index is 3.91. The summed E-state index contributed by atoms with van der Waals surface area (Å²) in [6.45, 7) is 12.9. The first-order valence-electron chi connectivity index (χ1n) is 6.30. The Hall–Kier alpha value is -1.11. The first kappa shape index (κ1) is 13.0. The van der Waals surface area contributed by atoms with E-state index < -0.39 is 0 Å². The van der Waals surface area contributed by atoms with E-state index in [1.165, 1.54) is 18.6 Å². The molecule has 0 saturated carbocycles. The van der Waals surface area contributed by atoms with Crippen LogP contribution in [0.15, 0.2) is 36.5 Å². The van der Waals surface area contributed by atoms with Crippen molar-refractivity contribution in [3.05, 3.63) is 36.5 Å². The van der Waals surface area contributed by atoms with Gasteiger partial charge in [0.25, 0.3) is 0 Å². The molecule has 0 amide bonds. The van der Waals surface area contributed by atoms with Gasteiger partial charge in [0.05, 0.1) is 0 Å². The van der Waals surface area contributed by atoms with Crippen LogP contribution in [-0.4, -0.2) is 23.4 Å². The third-order valence-corrected chi connectivity index (χ3v) is 2.89. The quantitative estimate of drug-likeness (QED) is 0.621. The van der Waals surface area contributed by atoms with Gasteiger partial charge >= 0.3 is 0 Å². The van der Waals surface area contributed by atoms with Gasteiger partial charge in [-0.1, -0.05) is 20.4 Å². The molecule has 1 aliphatic rings. The van der Waals surface area contributed by atoms with Crippen molar-refractivity contribution in [3.8, 4) is 0 Å². The van der Waals surface area contributed by atoms with Crippen LogP contribution in [0.4, 0.5) is 0 Å². The Morgan fingerprint density at radius 1 is 1.19 bits per heavy atom. The summed E-state index contributed by atoms with van der Waals surface area (Å²) in [5.74, 6) is 0.806. The average molecular weight is 218 g/mol. The predicted molar refractivity (Wildman–Crippen MR) is 72.2 cm³/mol. The molecule has 0 saturated heterocycles. The normalized spacial score (nSPS) is 15.0. The number of hydrogen-bond donors (Lipinski definition) is 0. The lowest BCUT2D eigenvalue weighted by molar-refractivity contribution is -0.523. The summed E-state index contributed by atoms with van der Waals surface area (Å²) in [7, 11) is 0. The van der Waals surface area contributed by atoms with Crippen molar-refractivity contribution in [2.24, 2.45) is 5.92 Å². The summed E-state index contributed by atoms with van der Waals surface area (Å²) in [5.41, 5.74) is 2.40. The Labute approximate surface area is 99.9 Å². The zero-order chi connectivity index (χ0) is 12.0. The van der Waals surface area contributed by atoms with Crippen LogP contribution in [0.1, 0.15) is 33.6 Å². The topological polar surface area (TPSA) is 3.01 Å². The summed E-state index contributed by atoms with van der Waals surface area (Å²) in [6, 6.07) is 0. The molecule has 1 nitrogen and oxygen atoms in total. The molecule has 0 aromatic rings. The third kappa shape index (κ3) is 4.18. The Morgan fingerprint density at radius 2 is 1.81 bits per heavy atom. The third-order valence-electron chi connectivity index (χ3n) is 2.89. The van der Waals surface area contributed by atoms with E-state index in [1.54, 1.807) is 0 Å². The van der Waals surface area contributed by atoms with Gasteiger partial charge in [-0.15, -0.1) is 0 Å². The number of rotatable bonds is 5. The van der Waals surface area contributed by atoms with E-state index in [2.05, 4.69) is 56.2 Å². The highest BCUT2D eigenvalue weighted by atomic mass is 15.0. The molecule has 0 bridgehead atoms. The number of nitrogens with zero attached hydrogens (tertiary/aromatic N) is 1. The van der Waals surface area contributed by atoms with Crippen LogP contribution in [0.2, 0.25) is 0 Å². The Balaban J connectivity index is 2.59. The Morgan fingerprint density at radius 3 is 2.31 bits per heavy atom. The lowest BCUT2D eigenvalue weighted by Crippen LogP contribution is -2.21. The highest BCUT2D eigenvalue weighted by Crippen LogP contribution is 2.06. The van der Waals surface area contributed by atoms with Gasteiger partial charge in [-0.3, -0.25) is 0 Å². The lowest BCUT2D eigenvalue weighted by atomic mass is 10.1. The highest BCUT2D eigenvalue weighted by Gasteiger charge is 2.09. The fourth-order valence-electron chi connectivity index (χ4n) is 1.87. The number of allylic oxidation sites excluding steroid dienone is 5. The summed E-state index contributed by atoms with van der Waals surface area (Å²) >= 11 is 0. The van der Waals surface area contributed by atoms with Crippen molar-refractivity contribution >= 4 is 5.71 Å². The molecule has 1 aliphatic carbocycles. The molecule has 0 N–H and O–H groups in total. The Bertz CT molecular complexity index is 311. The lowest BCUT2D eigenvalue weighted by Gasteiger charge is -2.07. The van der Waals surface area contributed by atoms with Gasteiger partial charge in [0.15, 0.2) is 5.71 Å². The van der Waals surface area contributed by atoms with Crippen LogP contribution < -0.4 is 0 Å². The molecule has 1 rings (SSSR count). The smallest absolute Gasteiger partial charge is 0.199 e. The van der Waals surface area contributed by atoms with E-state index >= 15 is 0 Å². The van der Waals surface area contributed by atoms with Gasteiger partial charge in [-0.25, -0.2) is 4.58 Å². The standard InChI is InChI=1S/C15H24N/c1-5-16(12-6-7-13(2)3)15-10-8-14(4)9-11-15/h8-11,13H,4-7,12H2,1-3H3/q+1. The van der Waals surface area contributed by atoms with Crippen molar-refractivity contribution < 1.29 is 4.58 Å². The van der Waals surface area contributed by atoms with E-state index in [-0.39, 0.29) is 0 Å². The highest BCUT2D eigenvalue weighted by molar-refractivity contribution is 6.02. The van der Waals surface area contributed by atoms with Crippen molar-refractivity contribution in [3.63, 3.8) is 0 Å². The molecule has 0 unspecified atom stereocenters. The van der Waals surface area contributed by atoms with E-state index in [4.69, 9.17) is 0 Å². The molecular weight excluding hydrogens is 194 g/mol. The van der Waals surface area contributed by atoms with Gasteiger partial charge in [-0.05, 0) is 37.0 Å². The van der Waals surface area contributed by atoms with Crippen molar-refractivity contribution in [2.45, 2.75) is 33.6 Å². The van der Waals surface area contributed by atoms with E-state index in [1.807, 2.05) is 0 Å². The molecule has 0 radical (unpaired) electrons. The molecule has 16 heavy (non-hydrogen) atoms. The second kappa shape index (κ2) is 6.47. The molecule has 0 atom stereocenters.